The molecule has 0 aliphatic carbocycles. The maximum Gasteiger partial charge on any atom is 0.310 e. The highest BCUT2D eigenvalue weighted by Gasteiger charge is 2.75. The first-order valence-corrected chi connectivity index (χ1v) is 16.4. The Balaban J connectivity index is 1.58. The van der Waals surface area contributed by atoms with Crippen molar-refractivity contribution in [2.24, 2.45) is 11.8 Å². The number of nitrogens with zero attached hydrogens (tertiary/aromatic N) is 3. The van der Waals surface area contributed by atoms with Crippen molar-refractivity contribution in [2.45, 2.75) is 55.2 Å². The monoisotopic (exact) mass is 617 g/mol. The summed E-state index contributed by atoms with van der Waals surface area (Å²) < 4.78 is 4.81. The molecule has 44 heavy (non-hydrogen) atoms. The summed E-state index contributed by atoms with van der Waals surface area (Å²) in [7, 11) is 0. The van der Waals surface area contributed by atoms with Gasteiger partial charge in [0.1, 0.15) is 6.04 Å². The van der Waals surface area contributed by atoms with Crippen LogP contribution in [0.25, 0.3) is 0 Å². The van der Waals surface area contributed by atoms with Crippen molar-refractivity contribution in [3.05, 3.63) is 85.5 Å². The van der Waals surface area contributed by atoms with Gasteiger partial charge in [-0.2, -0.15) is 0 Å². The van der Waals surface area contributed by atoms with Crippen LogP contribution >= 0.6 is 11.8 Å². The Hall–Kier alpha value is -3.56. The number of ether oxygens (including phenoxy) is 1. The molecule has 234 valence electrons. The van der Waals surface area contributed by atoms with E-state index in [9.17, 15) is 19.5 Å². The third-order valence-corrected chi connectivity index (χ3v) is 11.3. The number of aliphatic hydroxyl groups excluding tert-OH is 1. The molecule has 0 saturated carbocycles. The Bertz CT molecular complexity index is 1360. The number of carbonyl (C=O) groups is 3. The van der Waals surface area contributed by atoms with Gasteiger partial charge in [-0.05, 0) is 62.9 Å². The predicted octanol–water partition coefficient (Wildman–Crippen LogP) is 5.00. The fourth-order valence-electron chi connectivity index (χ4n) is 7.37. The second-order valence-corrected chi connectivity index (χ2v) is 13.2. The van der Waals surface area contributed by atoms with Crippen LogP contribution < -0.4 is 9.80 Å². The summed E-state index contributed by atoms with van der Waals surface area (Å²) in [5.74, 6) is -2.28. The molecule has 0 radical (unpaired) electrons. The highest BCUT2D eigenvalue weighted by molar-refractivity contribution is 8.02. The number of rotatable bonds is 14. The van der Waals surface area contributed by atoms with Crippen LogP contribution in [0, 0.1) is 11.8 Å². The standard InChI is InChI=1S/C35H43N3O5S/c1-5-9-22-43-34(42)29-28-19-20-35(44-28)30(29)32(40)38(27(23-39)24-13-11-10-12-14-24)31(35)33(41)37(21-6-2)26-17-15-25(16-18-26)36(7-3)8-4/h5-6,10-18,27-31,39H,1-2,7-9,19-23H2,3-4H3/t27-,28+,29-,30+,31?,35?/m1/s1. The number of fused-ring (bicyclic) bond motifs is 1. The lowest BCUT2D eigenvalue weighted by Crippen LogP contribution is -2.56. The van der Waals surface area contributed by atoms with E-state index >= 15 is 0 Å². The lowest BCUT2D eigenvalue weighted by atomic mass is 9.71. The minimum atomic E-state index is -0.888. The van der Waals surface area contributed by atoms with Crippen molar-refractivity contribution in [2.75, 3.05) is 42.6 Å². The average Bonchev–Trinajstić information content (AvgIpc) is 3.69. The average molecular weight is 618 g/mol. The van der Waals surface area contributed by atoms with E-state index in [2.05, 4.69) is 31.9 Å². The summed E-state index contributed by atoms with van der Waals surface area (Å²) in [5, 5.41) is 10.6. The van der Waals surface area contributed by atoms with E-state index in [0.29, 0.717) is 24.9 Å². The molecule has 9 heteroatoms. The van der Waals surface area contributed by atoms with Gasteiger partial charge in [-0.1, -0.05) is 42.5 Å². The largest absolute Gasteiger partial charge is 0.465 e. The van der Waals surface area contributed by atoms with Gasteiger partial charge < -0.3 is 24.5 Å². The van der Waals surface area contributed by atoms with E-state index in [1.54, 1.807) is 33.7 Å². The summed E-state index contributed by atoms with van der Waals surface area (Å²) in [5.41, 5.74) is 2.51. The molecule has 2 amide bonds. The third-order valence-electron chi connectivity index (χ3n) is 9.37. The second kappa shape index (κ2) is 13.6. The van der Waals surface area contributed by atoms with Crippen molar-refractivity contribution in [3.8, 4) is 0 Å². The number of carbonyl (C=O) groups excluding carboxylic acids is 3. The zero-order chi connectivity index (χ0) is 31.4. The number of amides is 2. The maximum absolute atomic E-state index is 14.9. The SMILES string of the molecule is C=CCCOC(=O)[C@@H]1[C@@H]2CCC3(S2)C(C(=O)N(CC=C)c2ccc(N(CC)CC)cc2)N([C@H](CO)c2ccccc2)C(=O)[C@H]13. The van der Waals surface area contributed by atoms with Crippen LogP contribution in [0.5, 0.6) is 0 Å². The Kier molecular flexibility index (Phi) is 9.85. The number of aliphatic hydroxyl groups is 1. The van der Waals surface area contributed by atoms with Crippen molar-refractivity contribution in [1.82, 2.24) is 4.90 Å². The van der Waals surface area contributed by atoms with Crippen LogP contribution in [0.3, 0.4) is 0 Å². The summed E-state index contributed by atoms with van der Waals surface area (Å²) in [6, 6.07) is 15.6. The Labute approximate surface area is 264 Å². The number of likely N-dealkylation sites (tertiary alicyclic amines) is 1. The van der Waals surface area contributed by atoms with Crippen molar-refractivity contribution in [1.29, 1.82) is 0 Å². The molecule has 5 rings (SSSR count). The molecule has 6 atom stereocenters. The molecule has 2 aromatic carbocycles. The van der Waals surface area contributed by atoms with Crippen molar-refractivity contribution >= 4 is 40.9 Å². The van der Waals surface area contributed by atoms with Gasteiger partial charge in [0.2, 0.25) is 5.91 Å². The van der Waals surface area contributed by atoms with Gasteiger partial charge in [0.05, 0.1) is 35.8 Å². The highest BCUT2D eigenvalue weighted by atomic mass is 32.2. The fraction of sp³-hybridized carbons (Fsp3) is 0.457. The van der Waals surface area contributed by atoms with Gasteiger partial charge in [-0.25, -0.2) is 0 Å². The summed E-state index contributed by atoms with van der Waals surface area (Å²) in [6.07, 6.45) is 5.24. The number of hydrogen-bond donors (Lipinski definition) is 1. The number of esters is 1. The quantitative estimate of drug-likeness (QED) is 0.181. The molecule has 1 N–H and O–H groups in total. The summed E-state index contributed by atoms with van der Waals surface area (Å²) in [6.45, 7) is 13.7. The van der Waals surface area contributed by atoms with Gasteiger partial charge in [0.15, 0.2) is 0 Å². The smallest absolute Gasteiger partial charge is 0.310 e. The first-order chi connectivity index (χ1) is 21.4. The lowest BCUT2D eigenvalue weighted by Gasteiger charge is -2.39. The van der Waals surface area contributed by atoms with E-state index in [1.165, 1.54) is 0 Å². The van der Waals surface area contributed by atoms with E-state index in [4.69, 9.17) is 4.74 Å². The molecule has 1 spiro atoms. The van der Waals surface area contributed by atoms with E-state index in [1.807, 2.05) is 54.6 Å². The molecule has 3 aliphatic heterocycles. The molecule has 3 saturated heterocycles. The van der Waals surface area contributed by atoms with Gasteiger partial charge >= 0.3 is 5.97 Å². The third kappa shape index (κ3) is 5.45. The molecule has 3 aliphatic rings. The zero-order valence-electron chi connectivity index (χ0n) is 25.6. The minimum Gasteiger partial charge on any atom is -0.465 e. The summed E-state index contributed by atoms with van der Waals surface area (Å²) in [4.78, 5) is 48.5. The zero-order valence-corrected chi connectivity index (χ0v) is 26.5. The van der Waals surface area contributed by atoms with Crippen molar-refractivity contribution in [3.63, 3.8) is 0 Å². The van der Waals surface area contributed by atoms with Crippen molar-refractivity contribution < 1.29 is 24.2 Å². The van der Waals surface area contributed by atoms with Crippen LogP contribution in [0.2, 0.25) is 0 Å². The fourth-order valence-corrected chi connectivity index (χ4v) is 9.56. The van der Waals surface area contributed by atoms with E-state index in [0.717, 1.165) is 24.3 Å². The molecule has 2 aromatic rings. The van der Waals surface area contributed by atoms with Crippen LogP contribution in [0.15, 0.2) is 79.9 Å². The maximum atomic E-state index is 14.9. The number of benzene rings is 2. The minimum absolute atomic E-state index is 0.108. The Morgan fingerprint density at radius 3 is 2.39 bits per heavy atom. The Morgan fingerprint density at radius 2 is 1.77 bits per heavy atom. The normalized spacial score (nSPS) is 25.8. The van der Waals surface area contributed by atoms with E-state index < -0.39 is 34.6 Å². The first-order valence-electron chi connectivity index (χ1n) is 15.6. The summed E-state index contributed by atoms with van der Waals surface area (Å²) >= 11 is 1.59. The molecular weight excluding hydrogens is 574 g/mol. The number of hydrogen-bond acceptors (Lipinski definition) is 7. The van der Waals surface area contributed by atoms with Crippen LogP contribution in [0.4, 0.5) is 11.4 Å². The first kappa shape index (κ1) is 31.9. The molecule has 3 heterocycles. The molecule has 8 nitrogen and oxygen atoms in total. The van der Waals surface area contributed by atoms with Gasteiger partial charge in [-0.3, -0.25) is 14.4 Å². The van der Waals surface area contributed by atoms with Gasteiger partial charge in [-0.15, -0.1) is 24.9 Å². The van der Waals surface area contributed by atoms with Crippen LogP contribution in [0.1, 0.15) is 44.7 Å². The van der Waals surface area contributed by atoms with Gasteiger partial charge in [0.25, 0.3) is 5.91 Å². The second-order valence-electron chi connectivity index (χ2n) is 11.6. The predicted molar refractivity (Wildman–Crippen MR) is 176 cm³/mol. The molecular formula is C35H43N3O5S. The molecule has 2 bridgehead atoms. The number of thioether (sulfide) groups is 1. The molecule has 2 unspecified atom stereocenters. The Morgan fingerprint density at radius 1 is 1.09 bits per heavy atom. The molecule has 0 aromatic heterocycles. The van der Waals surface area contributed by atoms with Gasteiger partial charge in [0, 0.05) is 36.3 Å². The lowest BCUT2D eigenvalue weighted by molar-refractivity contribution is -0.154. The van der Waals surface area contributed by atoms with Crippen LogP contribution in [-0.4, -0.2) is 76.7 Å². The van der Waals surface area contributed by atoms with Crippen LogP contribution in [-0.2, 0) is 19.1 Å². The number of anilines is 2. The highest BCUT2D eigenvalue weighted by Crippen LogP contribution is 2.67. The topological polar surface area (TPSA) is 90.4 Å². The van der Waals surface area contributed by atoms with E-state index in [-0.39, 0.29) is 36.8 Å². The molecule has 3 fully saturated rings.